The van der Waals surface area contributed by atoms with E-state index < -0.39 is 5.97 Å². The van der Waals surface area contributed by atoms with Gasteiger partial charge in [-0.05, 0) is 39.8 Å². The fourth-order valence-electron chi connectivity index (χ4n) is 2.35. The zero-order valence-corrected chi connectivity index (χ0v) is 12.1. The Morgan fingerprint density at radius 3 is 2.68 bits per heavy atom. The maximum absolute atomic E-state index is 12.1. The number of nitrogens with one attached hydrogen (secondary N) is 1. The first-order chi connectivity index (χ1) is 8.93. The first-order valence-corrected chi connectivity index (χ1v) is 6.95. The molecular weight excluding hydrogens is 246 g/mol. The molecule has 6 heteroatoms. The molecule has 110 valence electrons. The Hall–Kier alpha value is -1.30. The minimum absolute atomic E-state index is 0.122. The first-order valence-electron chi connectivity index (χ1n) is 6.95. The van der Waals surface area contributed by atoms with Crippen molar-refractivity contribution in [2.24, 2.45) is 0 Å². The second kappa shape index (κ2) is 7.33. The number of piperidine rings is 1. The number of likely N-dealkylation sites (tertiary alicyclic amines) is 1. The predicted octanol–water partition coefficient (Wildman–Crippen LogP) is 0.975. The second-order valence-electron chi connectivity index (χ2n) is 5.30. The number of amides is 2. The summed E-state index contributed by atoms with van der Waals surface area (Å²) in [6, 6.07) is -0.279. The highest BCUT2D eigenvalue weighted by Gasteiger charge is 2.25. The number of carboxylic acid groups (broad SMARTS) is 1. The van der Waals surface area contributed by atoms with Crippen molar-refractivity contribution < 1.29 is 14.7 Å². The molecule has 2 amide bonds. The highest BCUT2D eigenvalue weighted by atomic mass is 16.4. The molecule has 1 unspecified atom stereocenters. The average Bonchev–Trinajstić information content (AvgIpc) is 2.35. The summed E-state index contributed by atoms with van der Waals surface area (Å²) in [7, 11) is 0. The lowest BCUT2D eigenvalue weighted by Crippen LogP contribution is -2.53. The quantitative estimate of drug-likeness (QED) is 0.781. The minimum Gasteiger partial charge on any atom is -0.480 e. The smallest absolute Gasteiger partial charge is 0.323 e. The lowest BCUT2D eigenvalue weighted by atomic mass is 10.1. The molecule has 2 N–H and O–H groups in total. The van der Waals surface area contributed by atoms with Gasteiger partial charge in [-0.3, -0.25) is 4.79 Å². The van der Waals surface area contributed by atoms with Crippen molar-refractivity contribution in [2.75, 3.05) is 26.2 Å². The highest BCUT2D eigenvalue weighted by molar-refractivity contribution is 5.80. The van der Waals surface area contributed by atoms with Crippen LogP contribution in [0.3, 0.4) is 0 Å². The van der Waals surface area contributed by atoms with Gasteiger partial charge in [0.2, 0.25) is 0 Å². The van der Waals surface area contributed by atoms with Crippen LogP contribution in [-0.4, -0.2) is 65.2 Å². The molecule has 0 bridgehead atoms. The van der Waals surface area contributed by atoms with Gasteiger partial charge in [-0.25, -0.2) is 4.79 Å². The van der Waals surface area contributed by atoms with Crippen molar-refractivity contribution in [3.05, 3.63) is 0 Å². The second-order valence-corrected chi connectivity index (χ2v) is 5.30. The third kappa shape index (κ3) is 5.06. The van der Waals surface area contributed by atoms with E-state index in [1.807, 2.05) is 13.8 Å². The number of aliphatic carboxylic acids is 1. The first kappa shape index (κ1) is 15.8. The van der Waals surface area contributed by atoms with E-state index in [0.717, 1.165) is 32.5 Å². The van der Waals surface area contributed by atoms with Gasteiger partial charge in [0.15, 0.2) is 0 Å². The summed E-state index contributed by atoms with van der Waals surface area (Å²) >= 11 is 0. The molecule has 1 fully saturated rings. The van der Waals surface area contributed by atoms with Crippen molar-refractivity contribution in [2.45, 2.75) is 45.7 Å². The van der Waals surface area contributed by atoms with Crippen molar-refractivity contribution in [1.29, 1.82) is 0 Å². The van der Waals surface area contributed by atoms with Crippen molar-refractivity contribution in [3.8, 4) is 0 Å². The maximum Gasteiger partial charge on any atom is 0.323 e. The van der Waals surface area contributed by atoms with E-state index in [2.05, 4.69) is 17.1 Å². The Morgan fingerprint density at radius 1 is 1.47 bits per heavy atom. The number of nitrogens with zero attached hydrogens (tertiary/aromatic N) is 2. The predicted molar refractivity (Wildman–Crippen MR) is 73.1 cm³/mol. The highest BCUT2D eigenvalue weighted by Crippen LogP contribution is 2.10. The van der Waals surface area contributed by atoms with E-state index in [0.29, 0.717) is 0 Å². The fourth-order valence-corrected chi connectivity index (χ4v) is 2.35. The van der Waals surface area contributed by atoms with E-state index in [1.165, 1.54) is 4.90 Å². The summed E-state index contributed by atoms with van der Waals surface area (Å²) in [5, 5.41) is 11.8. The van der Waals surface area contributed by atoms with Crippen LogP contribution in [0.15, 0.2) is 0 Å². The van der Waals surface area contributed by atoms with E-state index >= 15 is 0 Å². The molecule has 1 heterocycles. The third-order valence-corrected chi connectivity index (χ3v) is 3.47. The summed E-state index contributed by atoms with van der Waals surface area (Å²) in [4.78, 5) is 26.5. The molecule has 1 atom stereocenters. The Labute approximate surface area is 114 Å². The summed E-state index contributed by atoms with van der Waals surface area (Å²) in [6.45, 7) is 8.40. The van der Waals surface area contributed by atoms with Crippen LogP contribution in [0.25, 0.3) is 0 Å². The molecule has 1 saturated heterocycles. The number of carboxylic acids is 1. The fraction of sp³-hybridized carbons (Fsp3) is 0.846. The minimum atomic E-state index is -0.984. The Kier molecular flexibility index (Phi) is 6.08. The van der Waals surface area contributed by atoms with E-state index in [9.17, 15) is 9.59 Å². The summed E-state index contributed by atoms with van der Waals surface area (Å²) in [5.74, 6) is -0.984. The van der Waals surface area contributed by atoms with E-state index in [1.54, 1.807) is 0 Å². The molecule has 1 aliphatic heterocycles. The number of urea groups is 1. The van der Waals surface area contributed by atoms with Gasteiger partial charge in [-0.1, -0.05) is 6.92 Å². The molecule has 0 aliphatic carbocycles. The van der Waals surface area contributed by atoms with Gasteiger partial charge in [-0.15, -0.1) is 0 Å². The van der Waals surface area contributed by atoms with Crippen LogP contribution in [0.1, 0.15) is 33.6 Å². The molecule has 1 rings (SSSR count). The van der Waals surface area contributed by atoms with Gasteiger partial charge in [0.25, 0.3) is 0 Å². The largest absolute Gasteiger partial charge is 0.480 e. The molecule has 0 spiro atoms. The van der Waals surface area contributed by atoms with Gasteiger partial charge in [0, 0.05) is 18.6 Å². The standard InChI is InChI=1S/C13H25N3O3/c1-4-15-7-5-6-11(8-15)14-13(19)16(10(2)3)9-12(17)18/h10-11H,4-9H2,1-3H3,(H,14,19)(H,17,18). The molecule has 19 heavy (non-hydrogen) atoms. The van der Waals surface area contributed by atoms with E-state index in [-0.39, 0.29) is 24.7 Å². The number of carbonyl (C=O) groups is 2. The Balaban J connectivity index is 2.53. The molecular formula is C13H25N3O3. The third-order valence-electron chi connectivity index (χ3n) is 3.47. The number of hydrogen-bond donors (Lipinski definition) is 2. The van der Waals surface area contributed by atoms with Crippen LogP contribution in [0, 0.1) is 0 Å². The van der Waals surface area contributed by atoms with Gasteiger partial charge in [-0.2, -0.15) is 0 Å². The summed E-state index contributed by atoms with van der Waals surface area (Å²) < 4.78 is 0. The van der Waals surface area contributed by atoms with Crippen LogP contribution < -0.4 is 5.32 Å². The van der Waals surface area contributed by atoms with Crippen LogP contribution in [0.5, 0.6) is 0 Å². The lowest BCUT2D eigenvalue weighted by Gasteiger charge is -2.34. The van der Waals surface area contributed by atoms with Crippen LogP contribution in [0.2, 0.25) is 0 Å². The maximum atomic E-state index is 12.1. The lowest BCUT2D eigenvalue weighted by molar-refractivity contribution is -0.138. The van der Waals surface area contributed by atoms with Crippen LogP contribution in [-0.2, 0) is 4.79 Å². The number of hydrogen-bond acceptors (Lipinski definition) is 3. The Morgan fingerprint density at radius 2 is 2.16 bits per heavy atom. The van der Waals surface area contributed by atoms with Crippen LogP contribution >= 0.6 is 0 Å². The molecule has 0 radical (unpaired) electrons. The molecule has 0 saturated carbocycles. The van der Waals surface area contributed by atoms with Crippen molar-refractivity contribution in [3.63, 3.8) is 0 Å². The molecule has 6 nitrogen and oxygen atoms in total. The van der Waals surface area contributed by atoms with Gasteiger partial charge in [0.05, 0.1) is 0 Å². The molecule has 0 aromatic carbocycles. The topological polar surface area (TPSA) is 72.9 Å². The molecule has 0 aromatic rings. The zero-order chi connectivity index (χ0) is 14.4. The SMILES string of the molecule is CCN1CCCC(NC(=O)N(CC(=O)O)C(C)C)C1. The number of carbonyl (C=O) groups excluding carboxylic acids is 1. The monoisotopic (exact) mass is 271 g/mol. The summed E-state index contributed by atoms with van der Waals surface area (Å²) in [6.07, 6.45) is 2.03. The molecule has 0 aromatic heterocycles. The van der Waals surface area contributed by atoms with Crippen LogP contribution in [0.4, 0.5) is 4.79 Å². The Bertz CT molecular complexity index is 320. The van der Waals surface area contributed by atoms with Gasteiger partial charge >= 0.3 is 12.0 Å². The normalized spacial score (nSPS) is 20.3. The van der Waals surface area contributed by atoms with E-state index in [4.69, 9.17) is 5.11 Å². The van der Waals surface area contributed by atoms with Gasteiger partial charge < -0.3 is 20.2 Å². The van der Waals surface area contributed by atoms with Crippen molar-refractivity contribution >= 4 is 12.0 Å². The molecule has 1 aliphatic rings. The number of likely N-dealkylation sites (N-methyl/N-ethyl adjacent to an activating group) is 1. The zero-order valence-electron chi connectivity index (χ0n) is 12.1. The van der Waals surface area contributed by atoms with Crippen molar-refractivity contribution in [1.82, 2.24) is 15.1 Å². The van der Waals surface area contributed by atoms with Gasteiger partial charge in [0.1, 0.15) is 6.54 Å². The average molecular weight is 271 g/mol. The summed E-state index contributed by atoms with van der Waals surface area (Å²) in [5.41, 5.74) is 0. The number of rotatable bonds is 5.